The Morgan fingerprint density at radius 3 is 2.58 bits per heavy atom. The van der Waals surface area contributed by atoms with Gasteiger partial charge in [0.05, 0.1) is 6.10 Å². The molecule has 1 aliphatic rings. The lowest BCUT2D eigenvalue weighted by Gasteiger charge is -1.96. The van der Waals surface area contributed by atoms with Crippen molar-refractivity contribution in [2.24, 2.45) is 0 Å². The number of unbranched alkanes of at least 4 members (excludes halogenated alkanes) is 5. The molecular weight excluding hydrogens is 328 g/mol. The molecule has 0 radical (unpaired) electrons. The van der Waals surface area contributed by atoms with E-state index in [0.29, 0.717) is 6.42 Å². The zero-order valence-corrected chi connectivity index (χ0v) is 16.1. The Bertz CT molecular complexity index is 490. The Hall–Kier alpha value is -1.68. The molecule has 4 nitrogen and oxygen atoms in total. The first kappa shape index (κ1) is 22.4. The Labute approximate surface area is 158 Å². The summed E-state index contributed by atoms with van der Waals surface area (Å²) in [6.45, 7) is 2.21. The Kier molecular flexibility index (Phi) is 12.5. The molecule has 4 heteroatoms. The van der Waals surface area contributed by atoms with Crippen LogP contribution >= 0.6 is 0 Å². The van der Waals surface area contributed by atoms with Crippen LogP contribution in [0.4, 0.5) is 0 Å². The van der Waals surface area contributed by atoms with E-state index in [1.54, 1.807) is 6.08 Å². The van der Waals surface area contributed by atoms with E-state index in [4.69, 9.17) is 9.84 Å². The standard InChI is InChI=1S/C22H34O4/c1-2-3-4-5-6-7-8-9-11-14-19(23)17-18-21-20(26-21)15-12-10-13-16-22(24)25/h6-7,9,11,17-18,20-21H,2-5,8,10,12-16H2,1H3,(H,24,25)/b7-6-,11-9-,18-17+. The van der Waals surface area contributed by atoms with Crippen molar-refractivity contribution in [1.82, 2.24) is 0 Å². The topological polar surface area (TPSA) is 66.9 Å². The number of ether oxygens (including phenoxy) is 1. The first-order valence-corrected chi connectivity index (χ1v) is 10.0. The number of carboxylic acids is 1. The molecule has 2 unspecified atom stereocenters. The Morgan fingerprint density at radius 2 is 1.81 bits per heavy atom. The molecule has 1 fully saturated rings. The molecule has 0 amide bonds. The molecule has 0 aromatic rings. The van der Waals surface area contributed by atoms with Crippen molar-refractivity contribution in [1.29, 1.82) is 0 Å². The summed E-state index contributed by atoms with van der Waals surface area (Å²) in [5, 5.41) is 8.57. The van der Waals surface area contributed by atoms with Crippen LogP contribution in [0.5, 0.6) is 0 Å². The number of hydrogen-bond acceptors (Lipinski definition) is 3. The third-order valence-electron chi connectivity index (χ3n) is 4.37. The first-order chi connectivity index (χ1) is 12.6. The molecule has 0 saturated carbocycles. The molecule has 1 aliphatic heterocycles. The molecule has 1 rings (SSSR count). The predicted molar refractivity (Wildman–Crippen MR) is 105 cm³/mol. The van der Waals surface area contributed by atoms with E-state index in [-0.39, 0.29) is 24.4 Å². The molecule has 1 saturated heterocycles. The van der Waals surface area contributed by atoms with Crippen LogP contribution in [-0.4, -0.2) is 29.1 Å². The molecule has 0 bridgehead atoms. The van der Waals surface area contributed by atoms with Crippen LogP contribution in [0, 0.1) is 0 Å². The monoisotopic (exact) mass is 362 g/mol. The number of epoxide rings is 1. The minimum Gasteiger partial charge on any atom is -0.481 e. The number of aliphatic carboxylic acids is 1. The van der Waals surface area contributed by atoms with Gasteiger partial charge in [-0.2, -0.15) is 0 Å². The molecule has 1 N–H and O–H groups in total. The fraction of sp³-hybridized carbons (Fsp3) is 0.636. The van der Waals surface area contributed by atoms with Crippen LogP contribution in [0.3, 0.4) is 0 Å². The zero-order valence-electron chi connectivity index (χ0n) is 16.1. The normalized spacial score (nSPS) is 19.7. The summed E-state index contributed by atoms with van der Waals surface area (Å²) in [5.41, 5.74) is 0. The quantitative estimate of drug-likeness (QED) is 0.173. The summed E-state index contributed by atoms with van der Waals surface area (Å²) in [6.07, 6.45) is 22.1. The fourth-order valence-corrected chi connectivity index (χ4v) is 2.73. The highest BCUT2D eigenvalue weighted by Gasteiger charge is 2.35. The van der Waals surface area contributed by atoms with E-state index < -0.39 is 5.97 Å². The van der Waals surface area contributed by atoms with Gasteiger partial charge in [-0.1, -0.05) is 56.9 Å². The maximum absolute atomic E-state index is 11.8. The fourth-order valence-electron chi connectivity index (χ4n) is 2.73. The number of allylic oxidation sites excluding steroid dienone is 5. The third-order valence-corrected chi connectivity index (χ3v) is 4.37. The molecule has 0 aromatic heterocycles. The van der Waals surface area contributed by atoms with E-state index in [1.807, 2.05) is 18.2 Å². The lowest BCUT2D eigenvalue weighted by Crippen LogP contribution is -1.96. The highest BCUT2D eigenvalue weighted by molar-refractivity contribution is 5.90. The summed E-state index contributed by atoms with van der Waals surface area (Å²) in [6, 6.07) is 0. The van der Waals surface area contributed by atoms with Crippen molar-refractivity contribution in [3.8, 4) is 0 Å². The van der Waals surface area contributed by atoms with Crippen molar-refractivity contribution >= 4 is 11.8 Å². The number of ketones is 1. The van der Waals surface area contributed by atoms with E-state index in [0.717, 1.165) is 38.5 Å². The van der Waals surface area contributed by atoms with Gasteiger partial charge in [0.15, 0.2) is 5.78 Å². The second-order valence-electron chi connectivity index (χ2n) is 6.84. The molecular formula is C22H34O4. The minimum atomic E-state index is -0.732. The summed E-state index contributed by atoms with van der Waals surface area (Å²) in [7, 11) is 0. The highest BCUT2D eigenvalue weighted by Crippen LogP contribution is 2.28. The predicted octanol–water partition coefficient (Wildman–Crippen LogP) is 5.39. The van der Waals surface area contributed by atoms with Crippen LogP contribution in [0.2, 0.25) is 0 Å². The van der Waals surface area contributed by atoms with Gasteiger partial charge in [0.2, 0.25) is 0 Å². The second kappa shape index (κ2) is 14.5. The minimum absolute atomic E-state index is 0.0634. The maximum atomic E-state index is 11.8. The van der Waals surface area contributed by atoms with Crippen molar-refractivity contribution in [3.63, 3.8) is 0 Å². The van der Waals surface area contributed by atoms with Crippen LogP contribution in [-0.2, 0) is 14.3 Å². The zero-order chi connectivity index (χ0) is 19.0. The number of rotatable bonds is 16. The molecule has 2 atom stereocenters. The van der Waals surface area contributed by atoms with Gasteiger partial charge in [0.1, 0.15) is 6.10 Å². The number of carbonyl (C=O) groups excluding carboxylic acids is 1. The maximum Gasteiger partial charge on any atom is 0.303 e. The SMILES string of the molecule is CCCCC/C=C\C/C=C\CC(=O)/C=C/C1OC1CCCCCC(=O)O. The van der Waals surface area contributed by atoms with E-state index in [1.165, 1.54) is 19.3 Å². The van der Waals surface area contributed by atoms with Gasteiger partial charge in [-0.3, -0.25) is 9.59 Å². The summed E-state index contributed by atoms with van der Waals surface area (Å²) >= 11 is 0. The van der Waals surface area contributed by atoms with Gasteiger partial charge in [0, 0.05) is 12.8 Å². The number of carboxylic acid groups (broad SMARTS) is 1. The second-order valence-corrected chi connectivity index (χ2v) is 6.84. The number of carbonyl (C=O) groups is 2. The smallest absolute Gasteiger partial charge is 0.303 e. The van der Waals surface area contributed by atoms with Crippen LogP contribution < -0.4 is 0 Å². The Balaban J connectivity index is 2.00. The first-order valence-electron chi connectivity index (χ1n) is 10.0. The molecule has 146 valence electrons. The average molecular weight is 363 g/mol. The number of hydrogen-bond donors (Lipinski definition) is 1. The molecule has 1 heterocycles. The Morgan fingerprint density at radius 1 is 1.00 bits per heavy atom. The van der Waals surface area contributed by atoms with Gasteiger partial charge < -0.3 is 9.84 Å². The van der Waals surface area contributed by atoms with Gasteiger partial charge in [-0.05, 0) is 44.3 Å². The molecule has 0 aliphatic carbocycles. The van der Waals surface area contributed by atoms with Crippen molar-refractivity contribution in [2.75, 3.05) is 0 Å². The lowest BCUT2D eigenvalue weighted by molar-refractivity contribution is -0.137. The van der Waals surface area contributed by atoms with Crippen LogP contribution in [0.25, 0.3) is 0 Å². The lowest BCUT2D eigenvalue weighted by atomic mass is 10.1. The van der Waals surface area contributed by atoms with Crippen molar-refractivity contribution in [3.05, 3.63) is 36.5 Å². The average Bonchev–Trinajstić information content (AvgIpc) is 3.36. The van der Waals surface area contributed by atoms with Crippen molar-refractivity contribution in [2.45, 2.75) is 89.8 Å². The van der Waals surface area contributed by atoms with Gasteiger partial charge >= 0.3 is 5.97 Å². The van der Waals surface area contributed by atoms with E-state index in [2.05, 4.69) is 19.1 Å². The van der Waals surface area contributed by atoms with Gasteiger partial charge in [-0.15, -0.1) is 0 Å². The van der Waals surface area contributed by atoms with Gasteiger partial charge in [-0.25, -0.2) is 0 Å². The summed E-state index contributed by atoms with van der Waals surface area (Å²) in [5.74, 6) is -0.632. The summed E-state index contributed by atoms with van der Waals surface area (Å²) < 4.78 is 5.51. The largest absolute Gasteiger partial charge is 0.481 e. The van der Waals surface area contributed by atoms with E-state index >= 15 is 0 Å². The molecule has 0 aromatic carbocycles. The molecule has 26 heavy (non-hydrogen) atoms. The van der Waals surface area contributed by atoms with Crippen LogP contribution in [0.1, 0.15) is 77.6 Å². The highest BCUT2D eigenvalue weighted by atomic mass is 16.6. The van der Waals surface area contributed by atoms with E-state index in [9.17, 15) is 9.59 Å². The summed E-state index contributed by atoms with van der Waals surface area (Å²) in [4.78, 5) is 22.2. The van der Waals surface area contributed by atoms with Gasteiger partial charge in [0.25, 0.3) is 0 Å². The third kappa shape index (κ3) is 12.6. The molecule has 0 spiro atoms. The van der Waals surface area contributed by atoms with Crippen LogP contribution in [0.15, 0.2) is 36.5 Å². The van der Waals surface area contributed by atoms with Crippen molar-refractivity contribution < 1.29 is 19.4 Å².